The van der Waals surface area contributed by atoms with E-state index < -0.39 is 29.2 Å². The molecule has 0 saturated carbocycles. The minimum absolute atomic E-state index is 0.0527. The normalized spacial score (nSPS) is 19.9. The van der Waals surface area contributed by atoms with Crippen molar-refractivity contribution in [2.75, 3.05) is 54.2 Å². The minimum Gasteiger partial charge on any atom is -0.382 e. The zero-order valence-corrected chi connectivity index (χ0v) is 26.3. The van der Waals surface area contributed by atoms with E-state index in [9.17, 15) is 14.9 Å². The monoisotopic (exact) mass is 637 g/mol. The average Bonchev–Trinajstić information content (AvgIpc) is 3.16. The number of ether oxygens (including phenoxy) is 6. The van der Waals surface area contributed by atoms with Crippen LogP contribution in [0.15, 0.2) is 84.9 Å². The number of urea groups is 1. The summed E-state index contributed by atoms with van der Waals surface area (Å²) in [6, 6.07) is 24.5. The third kappa shape index (κ3) is 10.6. The van der Waals surface area contributed by atoms with E-state index in [4.69, 9.17) is 28.4 Å². The summed E-state index contributed by atoms with van der Waals surface area (Å²) < 4.78 is 34.7. The first-order valence-electron chi connectivity index (χ1n) is 15.2. The highest BCUT2D eigenvalue weighted by Crippen LogP contribution is 2.28. The number of non-ortho nitro benzene ring substituents is 1. The van der Waals surface area contributed by atoms with E-state index in [2.05, 4.69) is 5.32 Å². The Bertz CT molecular complexity index is 1330. The van der Waals surface area contributed by atoms with Gasteiger partial charge >= 0.3 is 6.03 Å². The molecule has 1 aliphatic rings. The lowest BCUT2D eigenvalue weighted by atomic mass is 9.91. The molecule has 4 atom stereocenters. The third-order valence-electron chi connectivity index (χ3n) is 7.68. The maximum atomic E-state index is 14.2. The summed E-state index contributed by atoms with van der Waals surface area (Å²) in [5.41, 5.74) is 2.54. The van der Waals surface area contributed by atoms with E-state index in [1.165, 1.54) is 12.1 Å². The Labute approximate surface area is 269 Å². The predicted molar refractivity (Wildman–Crippen MR) is 170 cm³/mol. The molecule has 1 fully saturated rings. The van der Waals surface area contributed by atoms with Crippen LogP contribution in [0.25, 0.3) is 0 Å². The molecular formula is C34H43N3O9. The van der Waals surface area contributed by atoms with Crippen molar-refractivity contribution in [2.45, 2.75) is 43.7 Å². The van der Waals surface area contributed by atoms with Gasteiger partial charge < -0.3 is 38.6 Å². The number of nitrogens with one attached hydrogen (secondary N) is 1. The SMILES string of the molecule is COCCOCOC1C(OCOCCOC)[C@@H](Cc2ccccc2)NC(=O)N(Cc2cccc([N+](=O)[O-])c2)C1Cc1ccccc1. The van der Waals surface area contributed by atoms with Gasteiger partial charge in [0.15, 0.2) is 0 Å². The van der Waals surface area contributed by atoms with Gasteiger partial charge in [0.1, 0.15) is 25.8 Å². The Morgan fingerprint density at radius 2 is 1.30 bits per heavy atom. The highest BCUT2D eigenvalue weighted by molar-refractivity contribution is 5.76. The maximum Gasteiger partial charge on any atom is 0.318 e. The fourth-order valence-electron chi connectivity index (χ4n) is 5.44. The van der Waals surface area contributed by atoms with Crippen LogP contribution < -0.4 is 5.32 Å². The summed E-state index contributed by atoms with van der Waals surface area (Å²) in [6.07, 6.45) is -0.474. The van der Waals surface area contributed by atoms with Crippen molar-refractivity contribution in [3.63, 3.8) is 0 Å². The van der Waals surface area contributed by atoms with Crippen LogP contribution in [0.2, 0.25) is 0 Å². The van der Waals surface area contributed by atoms with Crippen LogP contribution in [-0.4, -0.2) is 94.4 Å². The second-order valence-corrected chi connectivity index (χ2v) is 10.9. The predicted octanol–water partition coefficient (Wildman–Crippen LogP) is 4.35. The third-order valence-corrected chi connectivity index (χ3v) is 7.68. The van der Waals surface area contributed by atoms with E-state index in [1.54, 1.807) is 31.3 Å². The quantitative estimate of drug-likeness (QED) is 0.0882. The van der Waals surface area contributed by atoms with E-state index in [0.717, 1.165) is 11.1 Å². The van der Waals surface area contributed by atoms with Crippen molar-refractivity contribution in [3.05, 3.63) is 112 Å². The number of methoxy groups -OCH3 is 2. The molecule has 12 nitrogen and oxygen atoms in total. The molecule has 12 heteroatoms. The molecule has 3 aromatic carbocycles. The summed E-state index contributed by atoms with van der Waals surface area (Å²) in [4.78, 5) is 27.0. The Hall–Kier alpha value is -3.91. The van der Waals surface area contributed by atoms with Crippen LogP contribution in [0.4, 0.5) is 10.5 Å². The van der Waals surface area contributed by atoms with Crippen LogP contribution in [0, 0.1) is 10.1 Å². The van der Waals surface area contributed by atoms with Gasteiger partial charge in [0.25, 0.3) is 5.69 Å². The van der Waals surface area contributed by atoms with Crippen molar-refractivity contribution >= 4 is 11.7 Å². The van der Waals surface area contributed by atoms with Crippen molar-refractivity contribution in [1.82, 2.24) is 10.2 Å². The topological polar surface area (TPSA) is 131 Å². The van der Waals surface area contributed by atoms with Crippen molar-refractivity contribution < 1.29 is 38.1 Å². The van der Waals surface area contributed by atoms with Crippen LogP contribution in [0.1, 0.15) is 16.7 Å². The number of hydrogen-bond acceptors (Lipinski definition) is 9. The second kappa shape index (κ2) is 18.9. The molecule has 46 heavy (non-hydrogen) atoms. The lowest BCUT2D eigenvalue weighted by Crippen LogP contribution is -2.53. The average molecular weight is 638 g/mol. The number of hydrogen-bond donors (Lipinski definition) is 1. The first kappa shape index (κ1) is 35.0. The highest BCUT2D eigenvalue weighted by atomic mass is 16.7. The molecular weight excluding hydrogens is 594 g/mol. The molecule has 1 aliphatic heterocycles. The van der Waals surface area contributed by atoms with Crippen LogP contribution in [0.5, 0.6) is 0 Å². The molecule has 1 N–H and O–H groups in total. The Morgan fingerprint density at radius 1 is 0.739 bits per heavy atom. The number of nitrogens with zero attached hydrogens (tertiary/aromatic N) is 2. The van der Waals surface area contributed by atoms with Gasteiger partial charge in [0.2, 0.25) is 0 Å². The molecule has 3 aromatic rings. The molecule has 1 saturated heterocycles. The van der Waals surface area contributed by atoms with Gasteiger partial charge in [-0.25, -0.2) is 4.79 Å². The van der Waals surface area contributed by atoms with Crippen LogP contribution in [0.3, 0.4) is 0 Å². The molecule has 0 bridgehead atoms. The number of benzene rings is 3. The van der Waals surface area contributed by atoms with Crippen molar-refractivity contribution in [1.29, 1.82) is 0 Å². The second-order valence-electron chi connectivity index (χ2n) is 10.9. The lowest BCUT2D eigenvalue weighted by Gasteiger charge is -2.37. The number of nitro benzene ring substituents is 1. The Balaban J connectivity index is 1.75. The zero-order valence-electron chi connectivity index (χ0n) is 26.3. The van der Waals surface area contributed by atoms with Gasteiger partial charge in [-0.1, -0.05) is 72.8 Å². The minimum atomic E-state index is -0.694. The maximum absolute atomic E-state index is 14.2. The summed E-state index contributed by atoms with van der Waals surface area (Å²) in [6.45, 7) is 1.42. The highest BCUT2D eigenvalue weighted by Gasteiger charge is 2.45. The summed E-state index contributed by atoms with van der Waals surface area (Å²) >= 11 is 0. The Morgan fingerprint density at radius 3 is 1.89 bits per heavy atom. The van der Waals surface area contributed by atoms with Gasteiger partial charge in [0, 0.05) is 32.9 Å². The molecule has 2 amide bonds. The molecule has 3 unspecified atom stereocenters. The largest absolute Gasteiger partial charge is 0.382 e. The molecule has 1 heterocycles. The molecule has 0 spiro atoms. The zero-order chi connectivity index (χ0) is 32.6. The fourth-order valence-corrected chi connectivity index (χ4v) is 5.44. The van der Waals surface area contributed by atoms with Gasteiger partial charge in [-0.15, -0.1) is 0 Å². The van der Waals surface area contributed by atoms with Crippen molar-refractivity contribution in [2.24, 2.45) is 0 Å². The van der Waals surface area contributed by atoms with E-state index in [1.807, 2.05) is 60.7 Å². The number of carbonyl (C=O) groups is 1. The Kier molecular flexibility index (Phi) is 14.4. The molecule has 248 valence electrons. The van der Waals surface area contributed by atoms with Gasteiger partial charge in [-0.3, -0.25) is 10.1 Å². The van der Waals surface area contributed by atoms with Crippen LogP contribution >= 0.6 is 0 Å². The summed E-state index contributed by atoms with van der Waals surface area (Å²) in [5, 5.41) is 14.8. The van der Waals surface area contributed by atoms with Gasteiger partial charge in [0.05, 0.1) is 43.4 Å². The van der Waals surface area contributed by atoms with E-state index in [-0.39, 0.29) is 31.8 Å². The standard InChI is InChI=1S/C34H43N3O9/c1-41-16-18-43-24-45-32-30(21-26-10-5-3-6-11-26)35-34(38)36(23-28-14-9-15-29(20-28)37(39)40)31(22-27-12-7-4-8-13-27)33(32)46-25-44-19-17-42-2/h3-15,20,30-33H,16-19,21-25H2,1-2H3,(H,35,38)/t30-,31?,32?,33?/m1/s1. The number of amides is 2. The van der Waals surface area contributed by atoms with E-state index >= 15 is 0 Å². The van der Waals surface area contributed by atoms with Crippen LogP contribution in [-0.2, 0) is 47.8 Å². The molecule has 0 aliphatic carbocycles. The number of nitro groups is 1. The smallest absolute Gasteiger partial charge is 0.318 e. The van der Waals surface area contributed by atoms with Gasteiger partial charge in [-0.2, -0.15) is 0 Å². The van der Waals surface area contributed by atoms with E-state index in [0.29, 0.717) is 44.8 Å². The first-order valence-corrected chi connectivity index (χ1v) is 15.2. The summed E-state index contributed by atoms with van der Waals surface area (Å²) in [7, 11) is 3.19. The molecule has 0 radical (unpaired) electrons. The molecule has 4 rings (SSSR count). The summed E-state index contributed by atoms with van der Waals surface area (Å²) in [5.74, 6) is 0. The number of carbonyl (C=O) groups excluding carboxylic acids is 1. The van der Waals surface area contributed by atoms with Crippen molar-refractivity contribution in [3.8, 4) is 0 Å². The lowest BCUT2D eigenvalue weighted by molar-refractivity contribution is -0.384. The van der Waals surface area contributed by atoms with Gasteiger partial charge in [-0.05, 0) is 29.5 Å². The first-order chi connectivity index (χ1) is 22.5. The fraction of sp³-hybridized carbons (Fsp3) is 0.441. The molecule has 0 aromatic heterocycles. The number of rotatable bonds is 19.